The van der Waals surface area contributed by atoms with E-state index in [-0.39, 0.29) is 24.7 Å². The summed E-state index contributed by atoms with van der Waals surface area (Å²) >= 11 is 0. The predicted octanol–water partition coefficient (Wildman–Crippen LogP) is 2.08. The molecule has 0 unspecified atom stereocenters. The number of carbonyl (C=O) groups is 2. The number of nitrogens with zero attached hydrogens (tertiary/aromatic N) is 1. The van der Waals surface area contributed by atoms with Crippen molar-refractivity contribution in [2.24, 2.45) is 0 Å². The first-order valence-corrected chi connectivity index (χ1v) is 5.81. The molecular weight excluding hydrogens is 228 g/mol. The van der Waals surface area contributed by atoms with Gasteiger partial charge in [-0.3, -0.25) is 9.59 Å². The maximum Gasteiger partial charge on any atom is 0.234 e. The van der Waals surface area contributed by atoms with E-state index < -0.39 is 0 Å². The Labute approximate surface area is 104 Å². The average Bonchev–Trinajstić information content (AvgIpc) is 2.69. The molecule has 2 aromatic carbocycles. The largest absolute Gasteiger partial charge is 0.398 e. The summed E-state index contributed by atoms with van der Waals surface area (Å²) in [7, 11) is 0. The van der Waals surface area contributed by atoms with Crippen molar-refractivity contribution >= 4 is 34.0 Å². The summed E-state index contributed by atoms with van der Waals surface area (Å²) in [6.45, 7) is 0. The molecule has 90 valence electrons. The molecule has 0 aromatic heterocycles. The zero-order chi connectivity index (χ0) is 12.7. The molecule has 0 spiro atoms. The number of nitrogens with two attached hydrogens (primary N) is 1. The van der Waals surface area contributed by atoms with E-state index >= 15 is 0 Å². The molecule has 0 radical (unpaired) electrons. The number of hydrogen-bond donors (Lipinski definition) is 1. The van der Waals surface area contributed by atoms with E-state index in [1.165, 1.54) is 4.90 Å². The maximum absolute atomic E-state index is 11.8. The predicted molar refractivity (Wildman–Crippen MR) is 70.1 cm³/mol. The van der Waals surface area contributed by atoms with Crippen LogP contribution in [-0.2, 0) is 9.59 Å². The van der Waals surface area contributed by atoms with Crippen molar-refractivity contribution in [1.82, 2.24) is 0 Å². The highest BCUT2D eigenvalue weighted by Crippen LogP contribution is 2.34. The number of imide groups is 1. The minimum atomic E-state index is -0.157. The Morgan fingerprint density at radius 3 is 2.22 bits per heavy atom. The quantitative estimate of drug-likeness (QED) is 0.613. The molecule has 0 aliphatic carbocycles. The fourth-order valence-electron chi connectivity index (χ4n) is 2.38. The van der Waals surface area contributed by atoms with Gasteiger partial charge >= 0.3 is 0 Å². The smallest absolute Gasteiger partial charge is 0.234 e. The normalized spacial score (nSPS) is 15.7. The SMILES string of the molecule is Nc1cccc2cccc(N3C(=O)CCC3=O)c12. The van der Waals surface area contributed by atoms with Gasteiger partial charge in [0.05, 0.1) is 5.69 Å². The van der Waals surface area contributed by atoms with Crippen molar-refractivity contribution in [2.45, 2.75) is 12.8 Å². The molecule has 1 aliphatic heterocycles. The summed E-state index contributed by atoms with van der Waals surface area (Å²) in [5.41, 5.74) is 7.14. The molecule has 18 heavy (non-hydrogen) atoms. The molecular formula is C14H12N2O2. The fraction of sp³-hybridized carbons (Fsp3) is 0.143. The molecule has 1 saturated heterocycles. The van der Waals surface area contributed by atoms with Gasteiger partial charge in [0.25, 0.3) is 0 Å². The summed E-state index contributed by atoms with van der Waals surface area (Å²) < 4.78 is 0. The first kappa shape index (κ1) is 10.8. The summed E-state index contributed by atoms with van der Waals surface area (Å²) in [6, 6.07) is 11.1. The third-order valence-electron chi connectivity index (χ3n) is 3.21. The second-order valence-electron chi connectivity index (χ2n) is 4.35. The van der Waals surface area contributed by atoms with Crippen LogP contribution in [0.3, 0.4) is 0 Å². The van der Waals surface area contributed by atoms with Gasteiger partial charge in [-0.25, -0.2) is 4.90 Å². The molecule has 0 saturated carbocycles. The van der Waals surface area contributed by atoms with Crippen LogP contribution in [0, 0.1) is 0 Å². The van der Waals surface area contributed by atoms with E-state index in [1.807, 2.05) is 24.3 Å². The summed E-state index contributed by atoms with van der Waals surface area (Å²) in [4.78, 5) is 24.9. The number of benzene rings is 2. The monoisotopic (exact) mass is 240 g/mol. The molecule has 2 amide bonds. The molecule has 2 aromatic rings. The second-order valence-corrected chi connectivity index (χ2v) is 4.35. The van der Waals surface area contributed by atoms with Crippen LogP contribution in [0.2, 0.25) is 0 Å². The van der Waals surface area contributed by atoms with E-state index in [1.54, 1.807) is 12.1 Å². The standard InChI is InChI=1S/C14H12N2O2/c15-10-5-1-3-9-4-2-6-11(14(9)10)16-12(17)7-8-13(16)18/h1-6H,7-8,15H2. The lowest BCUT2D eigenvalue weighted by molar-refractivity contribution is -0.121. The van der Waals surface area contributed by atoms with Gasteiger partial charge in [-0.1, -0.05) is 24.3 Å². The zero-order valence-electron chi connectivity index (χ0n) is 9.72. The number of hydrogen-bond acceptors (Lipinski definition) is 3. The van der Waals surface area contributed by atoms with Gasteiger partial charge in [-0.15, -0.1) is 0 Å². The molecule has 1 fully saturated rings. The van der Waals surface area contributed by atoms with E-state index in [4.69, 9.17) is 5.73 Å². The molecule has 3 rings (SSSR count). The lowest BCUT2D eigenvalue weighted by Gasteiger charge is -2.17. The molecule has 1 heterocycles. The van der Waals surface area contributed by atoms with E-state index in [0.717, 1.165) is 10.8 Å². The zero-order valence-corrected chi connectivity index (χ0v) is 9.72. The summed E-state index contributed by atoms with van der Waals surface area (Å²) in [5.74, 6) is -0.313. The Kier molecular flexibility index (Phi) is 2.30. The summed E-state index contributed by atoms with van der Waals surface area (Å²) in [6.07, 6.45) is 0.559. The highest BCUT2D eigenvalue weighted by molar-refractivity contribution is 6.24. The summed E-state index contributed by atoms with van der Waals surface area (Å²) in [5, 5.41) is 1.70. The topological polar surface area (TPSA) is 63.4 Å². The van der Waals surface area contributed by atoms with Gasteiger partial charge in [-0.2, -0.15) is 0 Å². The van der Waals surface area contributed by atoms with Gasteiger partial charge in [0, 0.05) is 23.9 Å². The van der Waals surface area contributed by atoms with Crippen LogP contribution in [0.15, 0.2) is 36.4 Å². The second kappa shape index (κ2) is 3.84. The van der Waals surface area contributed by atoms with Crippen molar-refractivity contribution in [3.63, 3.8) is 0 Å². The minimum absolute atomic E-state index is 0.157. The van der Waals surface area contributed by atoms with Gasteiger partial charge < -0.3 is 5.73 Å². The van der Waals surface area contributed by atoms with Gasteiger partial charge in [0.15, 0.2) is 0 Å². The van der Waals surface area contributed by atoms with Crippen LogP contribution in [-0.4, -0.2) is 11.8 Å². The Balaban J connectivity index is 2.29. The van der Waals surface area contributed by atoms with Crippen LogP contribution >= 0.6 is 0 Å². The molecule has 0 bridgehead atoms. The number of anilines is 2. The lowest BCUT2D eigenvalue weighted by atomic mass is 10.1. The van der Waals surface area contributed by atoms with Crippen molar-refractivity contribution < 1.29 is 9.59 Å². The van der Waals surface area contributed by atoms with Crippen LogP contribution in [0.1, 0.15) is 12.8 Å². The van der Waals surface area contributed by atoms with E-state index in [0.29, 0.717) is 11.4 Å². The van der Waals surface area contributed by atoms with Crippen LogP contribution in [0.5, 0.6) is 0 Å². The number of amides is 2. The minimum Gasteiger partial charge on any atom is -0.398 e. The van der Waals surface area contributed by atoms with Crippen molar-refractivity contribution in [2.75, 3.05) is 10.6 Å². The van der Waals surface area contributed by atoms with Gasteiger partial charge in [0.1, 0.15) is 0 Å². The van der Waals surface area contributed by atoms with Crippen LogP contribution in [0.4, 0.5) is 11.4 Å². The molecule has 4 heteroatoms. The highest BCUT2D eigenvalue weighted by atomic mass is 16.2. The number of fused-ring (bicyclic) bond motifs is 1. The van der Waals surface area contributed by atoms with Gasteiger partial charge in [0.2, 0.25) is 11.8 Å². The average molecular weight is 240 g/mol. The molecule has 1 aliphatic rings. The van der Waals surface area contributed by atoms with Gasteiger partial charge in [-0.05, 0) is 17.5 Å². The van der Waals surface area contributed by atoms with Crippen molar-refractivity contribution in [3.05, 3.63) is 36.4 Å². The lowest BCUT2D eigenvalue weighted by Crippen LogP contribution is -2.28. The van der Waals surface area contributed by atoms with Crippen molar-refractivity contribution in [1.29, 1.82) is 0 Å². The Morgan fingerprint density at radius 1 is 0.944 bits per heavy atom. The van der Waals surface area contributed by atoms with E-state index in [9.17, 15) is 9.59 Å². The first-order valence-electron chi connectivity index (χ1n) is 5.81. The van der Waals surface area contributed by atoms with Crippen LogP contribution in [0.25, 0.3) is 10.8 Å². The van der Waals surface area contributed by atoms with Crippen LogP contribution < -0.4 is 10.6 Å². The maximum atomic E-state index is 11.8. The number of rotatable bonds is 1. The number of nitrogen functional groups attached to an aromatic ring is 1. The Morgan fingerprint density at radius 2 is 1.56 bits per heavy atom. The Hall–Kier alpha value is -2.36. The molecule has 4 nitrogen and oxygen atoms in total. The Bertz CT molecular complexity index is 643. The number of carbonyl (C=O) groups excluding carboxylic acids is 2. The third-order valence-corrected chi connectivity index (χ3v) is 3.21. The third kappa shape index (κ3) is 1.46. The van der Waals surface area contributed by atoms with Crippen molar-refractivity contribution in [3.8, 4) is 0 Å². The molecule has 0 atom stereocenters. The first-order chi connectivity index (χ1) is 8.68. The van der Waals surface area contributed by atoms with E-state index in [2.05, 4.69) is 0 Å². The highest BCUT2D eigenvalue weighted by Gasteiger charge is 2.31. The fourth-order valence-corrected chi connectivity index (χ4v) is 2.38. The molecule has 2 N–H and O–H groups in total.